The minimum atomic E-state index is -0.988. The van der Waals surface area contributed by atoms with Crippen LogP contribution in [0.15, 0.2) is 42.0 Å². The van der Waals surface area contributed by atoms with Crippen LogP contribution in [-0.2, 0) is 4.79 Å². The topological polar surface area (TPSA) is 57.5 Å². The second-order valence-electron chi connectivity index (χ2n) is 3.89. The molecule has 2 N–H and O–H groups in total. The molecule has 0 atom stereocenters. The van der Waals surface area contributed by atoms with Crippen molar-refractivity contribution in [2.75, 3.05) is 0 Å². The maximum Gasteiger partial charge on any atom is 0.331 e. The Morgan fingerprint density at radius 3 is 2.35 bits per heavy atom. The maximum atomic E-state index is 10.7. The van der Waals surface area contributed by atoms with Gasteiger partial charge in [-0.15, -0.1) is 0 Å². The number of fused-ring (bicyclic) bond motifs is 1. The van der Waals surface area contributed by atoms with Crippen LogP contribution in [0, 0.1) is 0 Å². The van der Waals surface area contributed by atoms with Crippen molar-refractivity contribution in [3.8, 4) is 5.75 Å². The van der Waals surface area contributed by atoms with E-state index in [1.165, 1.54) is 13.0 Å². The number of carbonyl (C=O) groups is 1. The van der Waals surface area contributed by atoms with E-state index in [0.29, 0.717) is 5.56 Å². The molecule has 17 heavy (non-hydrogen) atoms. The summed E-state index contributed by atoms with van der Waals surface area (Å²) in [6.45, 7) is 1.50. The van der Waals surface area contributed by atoms with Crippen molar-refractivity contribution in [1.29, 1.82) is 0 Å². The van der Waals surface area contributed by atoms with E-state index in [-0.39, 0.29) is 11.3 Å². The molecule has 0 saturated heterocycles. The monoisotopic (exact) mass is 228 g/mol. The Bertz CT molecular complexity index is 612. The fourth-order valence-electron chi connectivity index (χ4n) is 1.66. The molecule has 0 spiro atoms. The molecule has 3 heteroatoms. The summed E-state index contributed by atoms with van der Waals surface area (Å²) in [6.07, 6.45) is 1.46. The predicted octanol–water partition coefficient (Wildman–Crippen LogP) is 3.03. The van der Waals surface area contributed by atoms with Crippen LogP contribution >= 0.6 is 0 Å². The molecule has 0 saturated carbocycles. The molecular formula is C14H12O3. The normalized spacial score (nSPS) is 11.7. The minimum Gasteiger partial charge on any atom is -0.507 e. The van der Waals surface area contributed by atoms with Crippen molar-refractivity contribution in [2.24, 2.45) is 0 Å². The lowest BCUT2D eigenvalue weighted by atomic mass is 10.0. The lowest BCUT2D eigenvalue weighted by molar-refractivity contribution is -0.132. The van der Waals surface area contributed by atoms with Gasteiger partial charge in [0.1, 0.15) is 5.75 Å². The summed E-state index contributed by atoms with van der Waals surface area (Å²) in [7, 11) is 0. The van der Waals surface area contributed by atoms with Crippen LogP contribution in [0.2, 0.25) is 0 Å². The molecular weight excluding hydrogens is 216 g/mol. The molecule has 0 radical (unpaired) electrons. The summed E-state index contributed by atoms with van der Waals surface area (Å²) in [6, 6.07) is 11.0. The van der Waals surface area contributed by atoms with E-state index >= 15 is 0 Å². The van der Waals surface area contributed by atoms with Crippen LogP contribution in [0.5, 0.6) is 5.75 Å². The largest absolute Gasteiger partial charge is 0.507 e. The number of hydrogen-bond donors (Lipinski definition) is 2. The Morgan fingerprint density at radius 1 is 1.18 bits per heavy atom. The van der Waals surface area contributed by atoms with Gasteiger partial charge in [0.2, 0.25) is 0 Å². The molecule has 0 aliphatic carbocycles. The molecule has 0 fully saturated rings. The lowest BCUT2D eigenvalue weighted by Gasteiger charge is -2.03. The summed E-state index contributed by atoms with van der Waals surface area (Å²) < 4.78 is 0. The second kappa shape index (κ2) is 4.29. The van der Waals surface area contributed by atoms with E-state index < -0.39 is 5.97 Å². The number of phenolic OH excluding ortho intramolecular Hbond substituents is 1. The van der Waals surface area contributed by atoms with E-state index in [1.54, 1.807) is 12.1 Å². The third-order valence-electron chi connectivity index (χ3n) is 2.60. The van der Waals surface area contributed by atoms with Crippen molar-refractivity contribution in [2.45, 2.75) is 6.92 Å². The van der Waals surface area contributed by atoms with E-state index in [1.807, 2.05) is 24.3 Å². The molecule has 2 rings (SSSR count). The van der Waals surface area contributed by atoms with Gasteiger partial charge in [-0.1, -0.05) is 24.3 Å². The standard InChI is InChI=1S/C14H12O3/c1-9(14(16)17)6-12-7-10-4-2-3-5-11(10)8-13(12)15/h2-8,15H,1H3,(H,16,17). The summed E-state index contributed by atoms with van der Waals surface area (Å²) in [5.74, 6) is -0.901. The number of phenols is 1. The highest BCUT2D eigenvalue weighted by Gasteiger charge is 2.05. The molecule has 3 nitrogen and oxygen atoms in total. The first-order valence-electron chi connectivity index (χ1n) is 5.21. The first kappa shape index (κ1) is 11.2. The molecule has 2 aromatic carbocycles. The molecule has 0 aliphatic heterocycles. The Morgan fingerprint density at radius 2 is 1.76 bits per heavy atom. The molecule has 86 valence electrons. The van der Waals surface area contributed by atoms with Crippen LogP contribution in [0.1, 0.15) is 12.5 Å². The van der Waals surface area contributed by atoms with Gasteiger partial charge in [0.05, 0.1) is 0 Å². The number of hydrogen-bond acceptors (Lipinski definition) is 2. The highest BCUT2D eigenvalue weighted by atomic mass is 16.4. The van der Waals surface area contributed by atoms with Crippen LogP contribution < -0.4 is 0 Å². The van der Waals surface area contributed by atoms with Crippen molar-refractivity contribution in [3.63, 3.8) is 0 Å². The van der Waals surface area contributed by atoms with Crippen LogP contribution in [0.4, 0.5) is 0 Å². The second-order valence-corrected chi connectivity index (χ2v) is 3.89. The number of aliphatic carboxylic acids is 1. The van der Waals surface area contributed by atoms with E-state index in [2.05, 4.69) is 0 Å². The first-order valence-corrected chi connectivity index (χ1v) is 5.21. The number of carboxylic acid groups (broad SMARTS) is 1. The Balaban J connectivity index is 2.59. The van der Waals surface area contributed by atoms with Gasteiger partial charge in [-0.2, -0.15) is 0 Å². The highest BCUT2D eigenvalue weighted by molar-refractivity contribution is 5.94. The summed E-state index contributed by atoms with van der Waals surface area (Å²) in [4.78, 5) is 10.7. The smallest absolute Gasteiger partial charge is 0.331 e. The van der Waals surface area contributed by atoms with Gasteiger partial charge >= 0.3 is 5.97 Å². The first-order chi connectivity index (χ1) is 8.08. The molecule has 0 aromatic heterocycles. The summed E-state index contributed by atoms with van der Waals surface area (Å²) in [5.41, 5.74) is 0.708. The van der Waals surface area contributed by atoms with Crippen molar-refractivity contribution < 1.29 is 15.0 Å². The van der Waals surface area contributed by atoms with Gasteiger partial charge in [-0.25, -0.2) is 4.79 Å². The van der Waals surface area contributed by atoms with Gasteiger partial charge < -0.3 is 10.2 Å². The van der Waals surface area contributed by atoms with E-state index in [0.717, 1.165) is 10.8 Å². The van der Waals surface area contributed by atoms with E-state index in [4.69, 9.17) is 5.11 Å². The Labute approximate surface area is 98.6 Å². The number of benzene rings is 2. The zero-order chi connectivity index (χ0) is 12.4. The average molecular weight is 228 g/mol. The fourth-order valence-corrected chi connectivity index (χ4v) is 1.66. The molecule has 0 heterocycles. The molecule has 0 bridgehead atoms. The van der Waals surface area contributed by atoms with Crippen LogP contribution in [0.25, 0.3) is 16.8 Å². The van der Waals surface area contributed by atoms with Gasteiger partial charge in [-0.05, 0) is 35.9 Å². The van der Waals surface area contributed by atoms with Crippen LogP contribution in [-0.4, -0.2) is 16.2 Å². The van der Waals surface area contributed by atoms with Gasteiger partial charge in [0, 0.05) is 11.1 Å². The fraction of sp³-hybridized carbons (Fsp3) is 0.0714. The van der Waals surface area contributed by atoms with Gasteiger partial charge in [-0.3, -0.25) is 0 Å². The lowest BCUT2D eigenvalue weighted by Crippen LogP contribution is -1.95. The average Bonchev–Trinajstić information content (AvgIpc) is 2.29. The molecule has 0 aliphatic rings. The summed E-state index contributed by atoms with van der Waals surface area (Å²) in [5, 5.41) is 20.5. The zero-order valence-corrected chi connectivity index (χ0v) is 9.34. The quantitative estimate of drug-likeness (QED) is 0.777. The molecule has 2 aromatic rings. The molecule has 0 unspecified atom stereocenters. The van der Waals surface area contributed by atoms with Crippen LogP contribution in [0.3, 0.4) is 0 Å². The molecule has 0 amide bonds. The van der Waals surface area contributed by atoms with Crippen molar-refractivity contribution >= 4 is 22.8 Å². The predicted molar refractivity (Wildman–Crippen MR) is 66.9 cm³/mol. The van der Waals surface area contributed by atoms with Crippen molar-refractivity contribution in [3.05, 3.63) is 47.5 Å². The van der Waals surface area contributed by atoms with Crippen molar-refractivity contribution in [1.82, 2.24) is 0 Å². The minimum absolute atomic E-state index is 0.0873. The Hall–Kier alpha value is -2.29. The zero-order valence-electron chi connectivity index (χ0n) is 9.34. The number of aromatic hydroxyl groups is 1. The Kier molecular flexibility index (Phi) is 2.83. The third kappa shape index (κ3) is 2.28. The highest BCUT2D eigenvalue weighted by Crippen LogP contribution is 2.26. The summed E-state index contributed by atoms with van der Waals surface area (Å²) >= 11 is 0. The number of carboxylic acids is 1. The SMILES string of the molecule is CC(=Cc1cc2ccccc2cc1O)C(=O)O. The van der Waals surface area contributed by atoms with Gasteiger partial charge in [0.25, 0.3) is 0 Å². The van der Waals surface area contributed by atoms with E-state index in [9.17, 15) is 9.90 Å². The third-order valence-corrected chi connectivity index (χ3v) is 2.60. The van der Waals surface area contributed by atoms with Gasteiger partial charge in [0.15, 0.2) is 0 Å². The number of rotatable bonds is 2. The maximum absolute atomic E-state index is 10.7.